The standard InChI is InChI=1S/C14H18F3NO5S/c1-9(2)7-12(13(19)20)18-24(21,22)11-5-3-10(4-6-11)23-8-14(15,16)17/h3-6,9,12,18H,7-8H2,1-2H3,(H,19,20)/t12-/m1/s1. The van der Waals surface area contributed by atoms with E-state index in [1.807, 2.05) is 0 Å². The number of ether oxygens (including phenoxy) is 1. The zero-order valence-electron chi connectivity index (χ0n) is 13.0. The van der Waals surface area contributed by atoms with Crippen LogP contribution in [0.25, 0.3) is 0 Å². The van der Waals surface area contributed by atoms with Crippen molar-refractivity contribution >= 4 is 16.0 Å². The number of sulfonamides is 1. The molecule has 0 aromatic heterocycles. The Kier molecular flexibility index (Phi) is 6.61. The van der Waals surface area contributed by atoms with Gasteiger partial charge in [0.25, 0.3) is 0 Å². The Hall–Kier alpha value is -1.81. The largest absolute Gasteiger partial charge is 0.484 e. The molecule has 1 aromatic carbocycles. The van der Waals surface area contributed by atoms with E-state index in [1.54, 1.807) is 13.8 Å². The van der Waals surface area contributed by atoms with E-state index in [1.165, 1.54) is 0 Å². The van der Waals surface area contributed by atoms with E-state index >= 15 is 0 Å². The van der Waals surface area contributed by atoms with Crippen molar-refractivity contribution in [2.75, 3.05) is 6.61 Å². The molecule has 24 heavy (non-hydrogen) atoms. The molecule has 0 fully saturated rings. The van der Waals surface area contributed by atoms with Crippen LogP contribution in [0.5, 0.6) is 5.75 Å². The van der Waals surface area contributed by atoms with Gasteiger partial charge in [0.15, 0.2) is 6.61 Å². The fourth-order valence-corrected chi connectivity index (χ4v) is 3.01. The van der Waals surface area contributed by atoms with Gasteiger partial charge in [-0.25, -0.2) is 8.42 Å². The van der Waals surface area contributed by atoms with Gasteiger partial charge in [0, 0.05) is 0 Å². The third-order valence-electron chi connectivity index (χ3n) is 2.84. The Morgan fingerprint density at radius 1 is 1.25 bits per heavy atom. The number of halogens is 3. The zero-order chi connectivity index (χ0) is 18.5. The van der Waals surface area contributed by atoms with Gasteiger partial charge >= 0.3 is 12.1 Å². The van der Waals surface area contributed by atoms with E-state index in [0.29, 0.717) is 0 Å². The number of benzene rings is 1. The first-order valence-corrected chi connectivity index (χ1v) is 8.44. The summed E-state index contributed by atoms with van der Waals surface area (Å²) >= 11 is 0. The quantitative estimate of drug-likeness (QED) is 0.734. The summed E-state index contributed by atoms with van der Waals surface area (Å²) in [7, 11) is -4.12. The molecule has 1 rings (SSSR count). The van der Waals surface area contributed by atoms with Crippen molar-refractivity contribution in [3.05, 3.63) is 24.3 Å². The van der Waals surface area contributed by atoms with Crippen molar-refractivity contribution < 1.29 is 36.2 Å². The van der Waals surface area contributed by atoms with Gasteiger partial charge in [0.2, 0.25) is 10.0 Å². The van der Waals surface area contributed by atoms with Crippen molar-refractivity contribution in [3.63, 3.8) is 0 Å². The van der Waals surface area contributed by atoms with Gasteiger partial charge in [-0.2, -0.15) is 17.9 Å². The van der Waals surface area contributed by atoms with Crippen LogP contribution < -0.4 is 9.46 Å². The second-order valence-electron chi connectivity index (χ2n) is 5.52. The Balaban J connectivity index is 2.85. The van der Waals surface area contributed by atoms with Crippen LogP contribution in [0.4, 0.5) is 13.2 Å². The molecule has 0 amide bonds. The molecule has 2 N–H and O–H groups in total. The van der Waals surface area contributed by atoms with Crippen LogP contribution in [0.15, 0.2) is 29.2 Å². The summed E-state index contributed by atoms with van der Waals surface area (Å²) in [6, 6.07) is 2.93. The van der Waals surface area contributed by atoms with Crippen LogP contribution in [-0.2, 0) is 14.8 Å². The van der Waals surface area contributed by atoms with Gasteiger partial charge < -0.3 is 9.84 Å². The molecule has 1 aromatic rings. The van der Waals surface area contributed by atoms with Gasteiger partial charge in [-0.05, 0) is 36.6 Å². The maximum absolute atomic E-state index is 12.2. The van der Waals surface area contributed by atoms with Crippen LogP contribution >= 0.6 is 0 Å². The number of nitrogens with one attached hydrogen (secondary N) is 1. The number of carbonyl (C=O) groups is 1. The first kappa shape index (κ1) is 20.2. The molecule has 0 spiro atoms. The first-order chi connectivity index (χ1) is 10.9. The molecule has 136 valence electrons. The minimum atomic E-state index is -4.50. The minimum Gasteiger partial charge on any atom is -0.484 e. The van der Waals surface area contributed by atoms with Crippen LogP contribution in [0.2, 0.25) is 0 Å². The smallest absolute Gasteiger partial charge is 0.422 e. The zero-order valence-corrected chi connectivity index (χ0v) is 13.8. The van der Waals surface area contributed by atoms with Crippen molar-refractivity contribution in [1.29, 1.82) is 0 Å². The number of alkyl halides is 3. The maximum Gasteiger partial charge on any atom is 0.422 e. The number of rotatable bonds is 8. The molecule has 10 heteroatoms. The third-order valence-corrected chi connectivity index (χ3v) is 4.33. The highest BCUT2D eigenvalue weighted by molar-refractivity contribution is 7.89. The Morgan fingerprint density at radius 3 is 2.21 bits per heavy atom. The van der Waals surface area contributed by atoms with E-state index in [0.717, 1.165) is 24.3 Å². The number of hydrogen-bond acceptors (Lipinski definition) is 4. The first-order valence-electron chi connectivity index (χ1n) is 6.95. The minimum absolute atomic E-state index is 0.0491. The summed E-state index contributed by atoms with van der Waals surface area (Å²) in [6.07, 6.45) is -4.40. The average Bonchev–Trinajstić information content (AvgIpc) is 2.43. The fraction of sp³-hybridized carbons (Fsp3) is 0.500. The Labute approximate surface area is 137 Å². The predicted molar refractivity (Wildman–Crippen MR) is 79.2 cm³/mol. The van der Waals surface area contributed by atoms with E-state index < -0.39 is 34.8 Å². The van der Waals surface area contributed by atoms with Gasteiger partial charge in [-0.15, -0.1) is 0 Å². The van der Waals surface area contributed by atoms with Crippen LogP contribution in [0.3, 0.4) is 0 Å². The maximum atomic E-state index is 12.2. The van der Waals surface area contributed by atoms with Crippen molar-refractivity contribution in [2.24, 2.45) is 5.92 Å². The van der Waals surface area contributed by atoms with E-state index in [4.69, 9.17) is 5.11 Å². The Bertz CT molecular complexity index is 656. The van der Waals surface area contributed by atoms with Crippen molar-refractivity contribution in [3.8, 4) is 5.75 Å². The molecule has 0 aliphatic rings. The highest BCUT2D eigenvalue weighted by Gasteiger charge is 2.29. The van der Waals surface area contributed by atoms with E-state index in [2.05, 4.69) is 9.46 Å². The van der Waals surface area contributed by atoms with Crippen molar-refractivity contribution in [1.82, 2.24) is 4.72 Å². The molecule has 1 atom stereocenters. The predicted octanol–water partition coefficient (Wildman–Crippen LogP) is 2.41. The summed E-state index contributed by atoms with van der Waals surface area (Å²) in [5.74, 6) is -1.51. The lowest BCUT2D eigenvalue weighted by molar-refractivity contribution is -0.153. The summed E-state index contributed by atoms with van der Waals surface area (Å²) in [5.41, 5.74) is 0. The fourth-order valence-electron chi connectivity index (χ4n) is 1.81. The highest BCUT2D eigenvalue weighted by atomic mass is 32.2. The van der Waals surface area contributed by atoms with Crippen LogP contribution in [0, 0.1) is 5.92 Å². The second kappa shape index (κ2) is 7.84. The van der Waals surface area contributed by atoms with Crippen LogP contribution in [0.1, 0.15) is 20.3 Å². The molecule has 0 radical (unpaired) electrons. The van der Waals surface area contributed by atoms with Crippen molar-refractivity contribution in [2.45, 2.75) is 37.4 Å². The van der Waals surface area contributed by atoms with Gasteiger partial charge in [0.05, 0.1) is 4.90 Å². The third kappa shape index (κ3) is 6.75. The molecule has 6 nitrogen and oxygen atoms in total. The van der Waals surface area contributed by atoms with E-state index in [9.17, 15) is 26.4 Å². The average molecular weight is 369 g/mol. The second-order valence-corrected chi connectivity index (χ2v) is 7.23. The molecule has 0 heterocycles. The van der Waals surface area contributed by atoms with Gasteiger partial charge in [0.1, 0.15) is 11.8 Å². The summed E-state index contributed by atoms with van der Waals surface area (Å²) in [4.78, 5) is 10.9. The van der Waals surface area contributed by atoms with Gasteiger partial charge in [-0.1, -0.05) is 13.8 Å². The number of hydrogen-bond donors (Lipinski definition) is 2. The molecular weight excluding hydrogens is 351 g/mol. The molecule has 0 saturated heterocycles. The summed E-state index contributed by atoms with van der Waals surface area (Å²) < 4.78 is 67.0. The molecule has 0 aliphatic heterocycles. The molecule has 0 aliphatic carbocycles. The number of aliphatic carboxylic acids is 1. The lowest BCUT2D eigenvalue weighted by Gasteiger charge is -2.17. The van der Waals surface area contributed by atoms with Crippen LogP contribution in [-0.4, -0.2) is 38.3 Å². The molecule has 0 unspecified atom stereocenters. The highest BCUT2D eigenvalue weighted by Crippen LogP contribution is 2.20. The summed E-state index contributed by atoms with van der Waals surface area (Å²) in [5, 5.41) is 9.07. The topological polar surface area (TPSA) is 92.7 Å². The Morgan fingerprint density at radius 2 is 1.79 bits per heavy atom. The lowest BCUT2D eigenvalue weighted by Crippen LogP contribution is -2.41. The lowest BCUT2D eigenvalue weighted by atomic mass is 10.1. The number of carboxylic acid groups (broad SMARTS) is 1. The molecule has 0 bridgehead atoms. The summed E-state index contributed by atoms with van der Waals surface area (Å²) in [6.45, 7) is 2.00. The van der Waals surface area contributed by atoms with Gasteiger partial charge in [-0.3, -0.25) is 4.79 Å². The molecular formula is C14H18F3NO5S. The van der Waals surface area contributed by atoms with E-state index in [-0.39, 0.29) is 23.0 Å². The monoisotopic (exact) mass is 369 g/mol. The number of carboxylic acids is 1. The molecule has 0 saturated carbocycles. The normalized spacial score (nSPS) is 13.8. The SMILES string of the molecule is CC(C)C[C@@H](NS(=O)(=O)c1ccc(OCC(F)(F)F)cc1)C(=O)O.